The van der Waals surface area contributed by atoms with E-state index in [0.29, 0.717) is 5.92 Å². The lowest BCUT2D eigenvalue weighted by Gasteiger charge is -2.42. The fraction of sp³-hybridized carbons (Fsp3) is 0.286. The van der Waals surface area contributed by atoms with Crippen LogP contribution in [-0.2, 0) is 11.8 Å². The summed E-state index contributed by atoms with van der Waals surface area (Å²) >= 11 is 0. The number of rotatable bonds is 12. The Morgan fingerprint density at radius 1 is 0.587 bits per heavy atom. The summed E-state index contributed by atoms with van der Waals surface area (Å²) in [6.07, 6.45) is 10.8. The smallest absolute Gasteiger partial charge is 0.127 e. The molecule has 0 aliphatic heterocycles. The lowest BCUT2D eigenvalue weighted by Crippen LogP contribution is -2.32. The minimum atomic E-state index is -0.0896. The van der Waals surface area contributed by atoms with Gasteiger partial charge in [-0.1, -0.05) is 74.7 Å². The van der Waals surface area contributed by atoms with Crippen molar-refractivity contribution in [2.75, 3.05) is 11.5 Å². The van der Waals surface area contributed by atoms with E-state index in [1.807, 2.05) is 48.5 Å². The Bertz CT molecular complexity index is 1580. The molecule has 1 aliphatic carbocycles. The minimum Gasteiger partial charge on any atom is -0.457 e. The standard InChI is InChI=1S/C42H46N2O2/c1-2-3-4-5-7-31-8-6-9-33(30-31)32-26-28-42(29-27-32,34-10-18-38(19-11-34)45-40-22-14-36(43)15-23-40)35-12-20-39(21-13-35)46-41-24-16-37(44)17-25-41/h6,8-25,30,32H,2-5,7,26-29,43-44H2,1H3. The van der Waals surface area contributed by atoms with Crippen molar-refractivity contribution in [3.8, 4) is 23.0 Å². The van der Waals surface area contributed by atoms with E-state index in [1.165, 1.54) is 54.4 Å². The summed E-state index contributed by atoms with van der Waals surface area (Å²) in [6.45, 7) is 2.28. The van der Waals surface area contributed by atoms with Crippen LogP contribution >= 0.6 is 0 Å². The normalized spacial score (nSPS) is 14.5. The van der Waals surface area contributed by atoms with E-state index in [2.05, 4.69) is 79.7 Å². The van der Waals surface area contributed by atoms with Gasteiger partial charge in [0.15, 0.2) is 0 Å². The van der Waals surface area contributed by atoms with E-state index in [-0.39, 0.29) is 5.41 Å². The summed E-state index contributed by atoms with van der Waals surface area (Å²) in [5.74, 6) is 3.77. The molecule has 1 fully saturated rings. The third-order valence-electron chi connectivity index (χ3n) is 9.63. The van der Waals surface area contributed by atoms with Crippen molar-refractivity contribution < 1.29 is 9.47 Å². The first kappa shape index (κ1) is 31.3. The number of benzene rings is 5. The number of hydrogen-bond acceptors (Lipinski definition) is 4. The average Bonchev–Trinajstić information content (AvgIpc) is 3.10. The molecular weight excluding hydrogens is 564 g/mol. The summed E-state index contributed by atoms with van der Waals surface area (Å²) < 4.78 is 12.3. The van der Waals surface area contributed by atoms with Gasteiger partial charge in [-0.25, -0.2) is 0 Å². The number of aryl methyl sites for hydroxylation is 1. The molecule has 0 spiro atoms. The van der Waals surface area contributed by atoms with Crippen LogP contribution in [0.1, 0.15) is 86.5 Å². The van der Waals surface area contributed by atoms with Crippen molar-refractivity contribution in [1.82, 2.24) is 0 Å². The molecule has 46 heavy (non-hydrogen) atoms. The van der Waals surface area contributed by atoms with Crippen molar-refractivity contribution in [1.29, 1.82) is 0 Å². The number of ether oxygens (including phenoxy) is 2. The number of nitrogen functional groups attached to an aromatic ring is 2. The fourth-order valence-electron chi connectivity index (χ4n) is 6.97. The summed E-state index contributed by atoms with van der Waals surface area (Å²) in [5.41, 5.74) is 18.7. The highest BCUT2D eigenvalue weighted by Crippen LogP contribution is 2.49. The lowest BCUT2D eigenvalue weighted by molar-refractivity contribution is 0.314. The Labute approximate surface area is 274 Å². The first-order chi connectivity index (χ1) is 22.5. The minimum absolute atomic E-state index is 0.0896. The molecule has 0 atom stereocenters. The van der Waals surface area contributed by atoms with Gasteiger partial charge in [-0.05, 0) is 139 Å². The van der Waals surface area contributed by atoms with Crippen LogP contribution in [0.2, 0.25) is 0 Å². The highest BCUT2D eigenvalue weighted by Gasteiger charge is 2.39. The first-order valence-corrected chi connectivity index (χ1v) is 16.9. The molecule has 6 rings (SSSR count). The summed E-state index contributed by atoms with van der Waals surface area (Å²) in [5, 5.41) is 0. The maximum atomic E-state index is 6.14. The van der Waals surface area contributed by atoms with Crippen LogP contribution in [-0.4, -0.2) is 0 Å². The molecule has 4 heteroatoms. The van der Waals surface area contributed by atoms with Gasteiger partial charge in [0, 0.05) is 16.8 Å². The second kappa shape index (κ2) is 14.6. The predicted octanol–water partition coefficient (Wildman–Crippen LogP) is 11.2. The van der Waals surface area contributed by atoms with Crippen LogP contribution in [0.25, 0.3) is 0 Å². The molecule has 0 amide bonds. The first-order valence-electron chi connectivity index (χ1n) is 16.9. The van der Waals surface area contributed by atoms with Crippen LogP contribution in [0, 0.1) is 0 Å². The summed E-state index contributed by atoms with van der Waals surface area (Å²) in [6, 6.07) is 41.9. The molecule has 236 valence electrons. The van der Waals surface area contributed by atoms with Crippen molar-refractivity contribution in [3.63, 3.8) is 0 Å². The lowest BCUT2D eigenvalue weighted by atomic mass is 9.62. The van der Waals surface area contributed by atoms with Crippen molar-refractivity contribution in [3.05, 3.63) is 144 Å². The molecule has 5 aromatic rings. The quantitative estimate of drug-likeness (QED) is 0.109. The molecule has 0 radical (unpaired) electrons. The van der Waals surface area contributed by atoms with Gasteiger partial charge in [0.1, 0.15) is 23.0 Å². The Morgan fingerprint density at radius 2 is 1.07 bits per heavy atom. The molecule has 0 bridgehead atoms. The van der Waals surface area contributed by atoms with E-state index in [4.69, 9.17) is 20.9 Å². The molecule has 5 aromatic carbocycles. The van der Waals surface area contributed by atoms with Gasteiger partial charge >= 0.3 is 0 Å². The highest BCUT2D eigenvalue weighted by molar-refractivity contribution is 5.48. The van der Waals surface area contributed by atoms with Crippen molar-refractivity contribution in [2.24, 2.45) is 0 Å². The van der Waals surface area contributed by atoms with Gasteiger partial charge in [-0.2, -0.15) is 0 Å². The molecule has 4 N–H and O–H groups in total. The fourth-order valence-corrected chi connectivity index (χ4v) is 6.97. The Morgan fingerprint density at radius 3 is 1.54 bits per heavy atom. The molecule has 0 aromatic heterocycles. The van der Waals surface area contributed by atoms with Crippen molar-refractivity contribution >= 4 is 11.4 Å². The number of anilines is 2. The molecular formula is C42H46N2O2. The molecule has 4 nitrogen and oxygen atoms in total. The third kappa shape index (κ3) is 7.56. The predicted molar refractivity (Wildman–Crippen MR) is 191 cm³/mol. The van der Waals surface area contributed by atoms with Gasteiger partial charge in [0.05, 0.1) is 0 Å². The van der Waals surface area contributed by atoms with Gasteiger partial charge < -0.3 is 20.9 Å². The van der Waals surface area contributed by atoms with Gasteiger partial charge in [-0.15, -0.1) is 0 Å². The SMILES string of the molecule is CCCCCCc1cccc(C2CCC(c3ccc(Oc4ccc(N)cc4)cc3)(c3ccc(Oc4ccc(N)cc4)cc3)CC2)c1. The van der Waals surface area contributed by atoms with E-state index < -0.39 is 0 Å². The summed E-state index contributed by atoms with van der Waals surface area (Å²) in [7, 11) is 0. The maximum Gasteiger partial charge on any atom is 0.127 e. The van der Waals surface area contributed by atoms with Crippen molar-refractivity contribution in [2.45, 2.75) is 76.0 Å². The monoisotopic (exact) mass is 610 g/mol. The van der Waals surface area contributed by atoms with E-state index in [0.717, 1.165) is 60.1 Å². The molecule has 0 unspecified atom stereocenters. The van der Waals surface area contributed by atoms with Crippen LogP contribution < -0.4 is 20.9 Å². The number of nitrogens with two attached hydrogens (primary N) is 2. The second-order valence-corrected chi connectivity index (χ2v) is 12.8. The third-order valence-corrected chi connectivity index (χ3v) is 9.63. The Kier molecular flexibility index (Phi) is 9.93. The van der Waals surface area contributed by atoms with Crippen LogP contribution in [0.4, 0.5) is 11.4 Å². The second-order valence-electron chi connectivity index (χ2n) is 12.8. The van der Waals surface area contributed by atoms with E-state index in [1.54, 1.807) is 0 Å². The molecule has 1 aliphatic rings. The largest absolute Gasteiger partial charge is 0.457 e. The average molecular weight is 611 g/mol. The van der Waals surface area contributed by atoms with Crippen LogP contribution in [0.15, 0.2) is 121 Å². The molecule has 0 saturated heterocycles. The maximum absolute atomic E-state index is 6.14. The van der Waals surface area contributed by atoms with E-state index in [9.17, 15) is 0 Å². The topological polar surface area (TPSA) is 70.5 Å². The zero-order valence-corrected chi connectivity index (χ0v) is 27.0. The van der Waals surface area contributed by atoms with Crippen LogP contribution in [0.3, 0.4) is 0 Å². The zero-order valence-electron chi connectivity index (χ0n) is 27.0. The number of unbranched alkanes of at least 4 members (excludes halogenated alkanes) is 3. The molecule has 0 heterocycles. The van der Waals surface area contributed by atoms with Gasteiger partial charge in [0.25, 0.3) is 0 Å². The number of hydrogen-bond donors (Lipinski definition) is 2. The Balaban J connectivity index is 1.23. The van der Waals surface area contributed by atoms with Gasteiger partial charge in [-0.3, -0.25) is 0 Å². The van der Waals surface area contributed by atoms with E-state index >= 15 is 0 Å². The zero-order chi connectivity index (χ0) is 31.8. The highest BCUT2D eigenvalue weighted by atomic mass is 16.5. The summed E-state index contributed by atoms with van der Waals surface area (Å²) in [4.78, 5) is 0. The Hall–Kier alpha value is -4.70. The van der Waals surface area contributed by atoms with Gasteiger partial charge in [0.2, 0.25) is 0 Å². The molecule has 1 saturated carbocycles. The van der Waals surface area contributed by atoms with Crippen LogP contribution in [0.5, 0.6) is 23.0 Å².